The highest BCUT2D eigenvalue weighted by Crippen LogP contribution is 2.12. The highest BCUT2D eigenvalue weighted by atomic mass is 15.2. The molecule has 2 nitrogen and oxygen atoms in total. The van der Waals surface area contributed by atoms with E-state index < -0.39 is 0 Å². The van der Waals surface area contributed by atoms with E-state index in [1.807, 2.05) is 4.90 Å². The summed E-state index contributed by atoms with van der Waals surface area (Å²) >= 11 is 0. The summed E-state index contributed by atoms with van der Waals surface area (Å²) in [5.41, 5.74) is 0.317. The van der Waals surface area contributed by atoms with Gasteiger partial charge in [0.2, 0.25) is 0 Å². The number of benzene rings is 1. The molecular weight excluding hydrogens is 148 g/mol. The van der Waals surface area contributed by atoms with Crippen LogP contribution in [-0.4, -0.2) is 26.2 Å². The van der Waals surface area contributed by atoms with Crippen molar-refractivity contribution in [1.29, 1.82) is 0 Å². The number of nitrogens with one attached hydrogen (secondary N) is 1. The summed E-state index contributed by atoms with van der Waals surface area (Å²) in [6, 6.07) is -1.09. The molecule has 0 aromatic heterocycles. The highest BCUT2D eigenvalue weighted by molar-refractivity contribution is 5.46. The summed E-state index contributed by atoms with van der Waals surface area (Å²) < 4.78 is 38.4. The first-order valence-corrected chi connectivity index (χ1v) is 4.06. The third-order valence-corrected chi connectivity index (χ3v) is 1.92. The SMILES string of the molecule is [2H]c1c([2H])c([2H])c(N2CCNCC2)c([2H])c1[2H]. The van der Waals surface area contributed by atoms with E-state index in [0.717, 1.165) is 13.1 Å². The minimum atomic E-state index is -0.334. The average Bonchev–Trinajstić information content (AvgIpc) is 2.36. The Balaban J connectivity index is 2.52. The third kappa shape index (κ3) is 1.59. The van der Waals surface area contributed by atoms with E-state index in [4.69, 9.17) is 6.85 Å². The van der Waals surface area contributed by atoms with Crippen LogP contribution in [0.25, 0.3) is 0 Å². The average molecular weight is 167 g/mol. The Bertz CT molecular complexity index is 414. The minimum absolute atomic E-state index is 0.113. The van der Waals surface area contributed by atoms with Gasteiger partial charge in [0, 0.05) is 31.9 Å². The van der Waals surface area contributed by atoms with Gasteiger partial charge >= 0.3 is 0 Å². The fourth-order valence-corrected chi connectivity index (χ4v) is 1.29. The predicted molar refractivity (Wildman–Crippen MR) is 51.5 cm³/mol. The molecule has 0 spiro atoms. The summed E-state index contributed by atoms with van der Waals surface area (Å²) in [5, 5.41) is 3.17. The molecule has 1 heterocycles. The second kappa shape index (κ2) is 3.59. The van der Waals surface area contributed by atoms with Crippen molar-refractivity contribution in [2.45, 2.75) is 0 Å². The fraction of sp³-hybridized carbons (Fsp3) is 0.400. The second-order valence-electron chi connectivity index (χ2n) is 2.71. The standard InChI is InChI=1S/C10H14N2/c1-2-4-10(5-3-1)12-8-6-11-7-9-12/h1-5,11H,6-9H2/i1D,2D,3D,4D,5D. The quantitative estimate of drug-likeness (QED) is 0.673. The summed E-state index contributed by atoms with van der Waals surface area (Å²) in [7, 11) is 0. The Morgan fingerprint density at radius 2 is 1.83 bits per heavy atom. The lowest BCUT2D eigenvalue weighted by atomic mass is 10.2. The maximum atomic E-state index is 7.84. The molecule has 0 bridgehead atoms. The molecule has 1 fully saturated rings. The van der Waals surface area contributed by atoms with Crippen LogP contribution in [0.5, 0.6) is 0 Å². The van der Waals surface area contributed by atoms with Crippen LogP contribution in [-0.2, 0) is 0 Å². The Morgan fingerprint density at radius 3 is 2.50 bits per heavy atom. The number of nitrogens with zero attached hydrogens (tertiary/aromatic N) is 1. The van der Waals surface area contributed by atoms with Crippen LogP contribution >= 0.6 is 0 Å². The molecule has 0 radical (unpaired) electrons. The Labute approximate surface area is 80.2 Å². The minimum Gasteiger partial charge on any atom is -0.369 e. The number of rotatable bonds is 1. The molecule has 0 aliphatic carbocycles. The number of piperazine rings is 1. The first-order chi connectivity index (χ1) is 8.04. The molecule has 1 N–H and O–H groups in total. The Morgan fingerprint density at radius 1 is 1.17 bits per heavy atom. The number of hydrogen-bond acceptors (Lipinski definition) is 2. The number of para-hydroxylation sites is 1. The van der Waals surface area contributed by atoms with Crippen molar-refractivity contribution >= 4 is 5.69 Å². The monoisotopic (exact) mass is 167 g/mol. The van der Waals surface area contributed by atoms with Gasteiger partial charge in [0.1, 0.15) is 0 Å². The summed E-state index contributed by atoms with van der Waals surface area (Å²) in [5.74, 6) is 0. The molecule has 0 saturated carbocycles. The smallest absolute Gasteiger partial charge is 0.0645 e. The van der Waals surface area contributed by atoms with Crippen LogP contribution < -0.4 is 10.2 Å². The van der Waals surface area contributed by atoms with E-state index in [0.29, 0.717) is 18.8 Å². The van der Waals surface area contributed by atoms with Crippen LogP contribution in [0.2, 0.25) is 0 Å². The zero-order valence-corrected chi connectivity index (χ0v) is 6.78. The first kappa shape index (κ1) is 3.79. The molecule has 2 rings (SSSR count). The second-order valence-corrected chi connectivity index (χ2v) is 2.71. The van der Waals surface area contributed by atoms with Gasteiger partial charge in [-0.1, -0.05) is 18.1 Å². The van der Waals surface area contributed by atoms with Gasteiger partial charge in [-0.15, -0.1) is 0 Å². The van der Waals surface area contributed by atoms with E-state index in [9.17, 15) is 0 Å². The number of anilines is 1. The molecule has 0 atom stereocenters. The molecule has 0 unspecified atom stereocenters. The molecular formula is C10H14N2. The molecule has 1 aliphatic rings. The molecule has 1 aliphatic heterocycles. The van der Waals surface area contributed by atoms with Crippen LogP contribution in [0.15, 0.2) is 30.2 Å². The van der Waals surface area contributed by atoms with E-state index >= 15 is 0 Å². The van der Waals surface area contributed by atoms with E-state index in [-0.39, 0.29) is 30.2 Å². The lowest BCUT2D eigenvalue weighted by Gasteiger charge is -2.29. The largest absolute Gasteiger partial charge is 0.369 e. The van der Waals surface area contributed by atoms with Crippen LogP contribution in [0.1, 0.15) is 6.85 Å². The summed E-state index contributed by atoms with van der Waals surface area (Å²) in [4.78, 5) is 1.84. The third-order valence-electron chi connectivity index (χ3n) is 1.92. The van der Waals surface area contributed by atoms with Crippen LogP contribution in [0.4, 0.5) is 5.69 Å². The van der Waals surface area contributed by atoms with Crippen molar-refractivity contribution in [3.8, 4) is 0 Å². The van der Waals surface area contributed by atoms with Crippen molar-refractivity contribution in [3.05, 3.63) is 30.2 Å². The first-order valence-electron chi connectivity index (χ1n) is 6.56. The van der Waals surface area contributed by atoms with Crippen molar-refractivity contribution in [3.63, 3.8) is 0 Å². The zero-order chi connectivity index (χ0) is 12.6. The maximum Gasteiger partial charge on any atom is 0.0645 e. The Hall–Kier alpha value is -1.02. The van der Waals surface area contributed by atoms with Gasteiger partial charge in [-0.3, -0.25) is 0 Å². The van der Waals surface area contributed by atoms with Gasteiger partial charge in [0.05, 0.1) is 6.85 Å². The van der Waals surface area contributed by atoms with Crippen molar-refractivity contribution in [1.82, 2.24) is 5.32 Å². The van der Waals surface area contributed by atoms with Gasteiger partial charge in [0.15, 0.2) is 0 Å². The van der Waals surface area contributed by atoms with Crippen LogP contribution in [0, 0.1) is 0 Å². The maximum absolute atomic E-state index is 7.84. The van der Waals surface area contributed by atoms with Crippen molar-refractivity contribution in [2.75, 3.05) is 31.1 Å². The molecule has 12 heavy (non-hydrogen) atoms. The van der Waals surface area contributed by atoms with E-state index in [2.05, 4.69) is 5.32 Å². The number of hydrogen-bond donors (Lipinski definition) is 1. The molecule has 1 aromatic carbocycles. The van der Waals surface area contributed by atoms with E-state index in [1.165, 1.54) is 0 Å². The van der Waals surface area contributed by atoms with Gasteiger partial charge in [0.25, 0.3) is 0 Å². The lowest BCUT2D eigenvalue weighted by Crippen LogP contribution is -2.43. The van der Waals surface area contributed by atoms with Crippen LogP contribution in [0.3, 0.4) is 0 Å². The highest BCUT2D eigenvalue weighted by Gasteiger charge is 2.08. The zero-order valence-electron chi connectivity index (χ0n) is 11.8. The van der Waals surface area contributed by atoms with Gasteiger partial charge in [-0.25, -0.2) is 0 Å². The van der Waals surface area contributed by atoms with Crippen molar-refractivity contribution < 1.29 is 6.85 Å². The van der Waals surface area contributed by atoms with Gasteiger partial charge in [-0.2, -0.15) is 0 Å². The normalized spacial score (nSPS) is 23.7. The topological polar surface area (TPSA) is 15.3 Å². The molecule has 1 aromatic rings. The van der Waals surface area contributed by atoms with Gasteiger partial charge < -0.3 is 10.2 Å². The predicted octanol–water partition coefficient (Wildman–Crippen LogP) is 1.10. The molecule has 0 amide bonds. The van der Waals surface area contributed by atoms with Gasteiger partial charge in [-0.05, 0) is 12.1 Å². The molecule has 2 heteroatoms. The fourth-order valence-electron chi connectivity index (χ4n) is 1.29. The van der Waals surface area contributed by atoms with E-state index in [1.54, 1.807) is 0 Å². The lowest BCUT2D eigenvalue weighted by molar-refractivity contribution is 0.589. The molecule has 64 valence electrons. The molecule has 1 saturated heterocycles. The summed E-state index contributed by atoms with van der Waals surface area (Å²) in [6.07, 6.45) is 0. The van der Waals surface area contributed by atoms with Crippen molar-refractivity contribution in [2.24, 2.45) is 0 Å². The Kier molecular flexibility index (Phi) is 1.13. The summed E-state index contributed by atoms with van der Waals surface area (Å²) in [6.45, 7) is 2.85.